The number of rotatable bonds is 10. The van der Waals surface area contributed by atoms with Gasteiger partial charge in [-0.3, -0.25) is 0 Å². The van der Waals surface area contributed by atoms with E-state index in [-0.39, 0.29) is 0 Å². The Kier molecular flexibility index (Phi) is 11.0. The van der Waals surface area contributed by atoms with Crippen molar-refractivity contribution in [3.8, 4) is 0 Å². The molecule has 0 aliphatic rings. The first kappa shape index (κ1) is 14.0. The molecule has 0 aromatic rings. The van der Waals surface area contributed by atoms with Crippen LogP contribution < -0.4 is 0 Å². The molecule has 0 aliphatic carbocycles. The predicted octanol–water partition coefficient (Wildman–Crippen LogP) is 4.55. The Hall–Kier alpha value is -0.0400. The molecule has 0 atom stereocenters. The lowest BCUT2D eigenvalue weighted by Crippen LogP contribution is -2.03. The maximum absolute atomic E-state index is 5.49. The molecule has 86 valence electrons. The van der Waals surface area contributed by atoms with Crippen molar-refractivity contribution >= 4 is 0 Å². The fourth-order valence-electron chi connectivity index (χ4n) is 1.55. The van der Waals surface area contributed by atoms with Crippen LogP contribution in [0.1, 0.15) is 72.1 Å². The van der Waals surface area contributed by atoms with Crippen molar-refractivity contribution in [1.82, 2.24) is 0 Å². The van der Waals surface area contributed by atoms with Gasteiger partial charge >= 0.3 is 0 Å². The van der Waals surface area contributed by atoms with Crippen LogP contribution in [0.25, 0.3) is 0 Å². The Morgan fingerprint density at radius 2 is 1.29 bits per heavy atom. The van der Waals surface area contributed by atoms with Crippen LogP contribution in [0.4, 0.5) is 0 Å². The molecular weight excluding hydrogens is 172 g/mol. The molecule has 0 amide bonds. The van der Waals surface area contributed by atoms with Crippen molar-refractivity contribution in [2.24, 2.45) is 0 Å². The van der Waals surface area contributed by atoms with E-state index in [0.717, 1.165) is 6.61 Å². The third-order valence-electron chi connectivity index (χ3n) is 2.45. The van der Waals surface area contributed by atoms with E-state index in [4.69, 9.17) is 4.74 Å². The van der Waals surface area contributed by atoms with Gasteiger partial charge in [0.1, 0.15) is 0 Å². The first-order valence-electron chi connectivity index (χ1n) is 6.39. The molecule has 0 saturated carbocycles. The second kappa shape index (κ2) is 11.0. The van der Waals surface area contributed by atoms with Crippen molar-refractivity contribution in [1.29, 1.82) is 0 Å². The third kappa shape index (κ3) is 12.0. The van der Waals surface area contributed by atoms with Gasteiger partial charge in [0, 0.05) is 6.61 Å². The maximum Gasteiger partial charge on any atom is 0.0518 e. The van der Waals surface area contributed by atoms with Crippen LogP contribution in [0.2, 0.25) is 0 Å². The van der Waals surface area contributed by atoms with Crippen LogP contribution in [0.3, 0.4) is 0 Å². The molecule has 14 heavy (non-hydrogen) atoms. The topological polar surface area (TPSA) is 9.23 Å². The van der Waals surface area contributed by atoms with Gasteiger partial charge in [0.05, 0.1) is 6.10 Å². The van der Waals surface area contributed by atoms with E-state index in [1.165, 1.54) is 51.4 Å². The number of hydrogen-bond donors (Lipinski definition) is 0. The van der Waals surface area contributed by atoms with Crippen LogP contribution in [-0.4, -0.2) is 12.7 Å². The fraction of sp³-hybridized carbons (Fsp3) is 1.00. The molecule has 0 aliphatic heterocycles. The zero-order chi connectivity index (χ0) is 10.6. The van der Waals surface area contributed by atoms with E-state index in [1.54, 1.807) is 0 Å². The predicted molar refractivity (Wildman–Crippen MR) is 63.7 cm³/mol. The Labute approximate surface area is 90.2 Å². The van der Waals surface area contributed by atoms with Gasteiger partial charge in [-0.2, -0.15) is 0 Å². The van der Waals surface area contributed by atoms with Gasteiger partial charge in [0.15, 0.2) is 0 Å². The summed E-state index contributed by atoms with van der Waals surface area (Å²) in [6.07, 6.45) is 11.4. The third-order valence-corrected chi connectivity index (χ3v) is 2.45. The molecule has 0 bridgehead atoms. The standard InChI is InChI=1S/C13H28O/c1-4-5-6-7-8-9-10-11-12-14-13(2)3/h13H,4-12H2,1-3H3. The van der Waals surface area contributed by atoms with Crippen LogP contribution in [0.5, 0.6) is 0 Å². The average molecular weight is 200 g/mol. The smallest absolute Gasteiger partial charge is 0.0518 e. The summed E-state index contributed by atoms with van der Waals surface area (Å²) in [5, 5.41) is 0. The number of ether oxygens (including phenoxy) is 1. The summed E-state index contributed by atoms with van der Waals surface area (Å²) in [4.78, 5) is 0. The van der Waals surface area contributed by atoms with E-state index in [9.17, 15) is 0 Å². The molecule has 0 spiro atoms. The molecule has 0 radical (unpaired) electrons. The Morgan fingerprint density at radius 1 is 0.786 bits per heavy atom. The van der Waals surface area contributed by atoms with Gasteiger partial charge in [0.25, 0.3) is 0 Å². The van der Waals surface area contributed by atoms with Gasteiger partial charge < -0.3 is 4.74 Å². The lowest BCUT2D eigenvalue weighted by atomic mass is 10.1. The summed E-state index contributed by atoms with van der Waals surface area (Å²) >= 11 is 0. The highest BCUT2D eigenvalue weighted by Gasteiger charge is 1.93. The monoisotopic (exact) mass is 200 g/mol. The van der Waals surface area contributed by atoms with Crippen molar-refractivity contribution in [2.45, 2.75) is 78.2 Å². The van der Waals surface area contributed by atoms with Crippen molar-refractivity contribution < 1.29 is 4.74 Å². The Morgan fingerprint density at radius 3 is 1.79 bits per heavy atom. The zero-order valence-corrected chi connectivity index (χ0v) is 10.3. The average Bonchev–Trinajstić information content (AvgIpc) is 2.15. The second-order valence-electron chi connectivity index (χ2n) is 4.39. The molecule has 0 N–H and O–H groups in total. The van der Waals surface area contributed by atoms with Crippen LogP contribution >= 0.6 is 0 Å². The fourth-order valence-corrected chi connectivity index (χ4v) is 1.55. The van der Waals surface area contributed by atoms with E-state index in [0.29, 0.717) is 6.10 Å². The molecule has 0 saturated heterocycles. The van der Waals surface area contributed by atoms with Crippen LogP contribution in [0.15, 0.2) is 0 Å². The maximum atomic E-state index is 5.49. The largest absolute Gasteiger partial charge is 0.379 e. The molecule has 1 heteroatoms. The van der Waals surface area contributed by atoms with Crippen molar-refractivity contribution in [3.63, 3.8) is 0 Å². The Balaban J connectivity index is 2.85. The highest BCUT2D eigenvalue weighted by molar-refractivity contribution is 4.46. The highest BCUT2D eigenvalue weighted by Crippen LogP contribution is 2.08. The summed E-state index contributed by atoms with van der Waals surface area (Å²) in [6, 6.07) is 0. The van der Waals surface area contributed by atoms with E-state index >= 15 is 0 Å². The van der Waals surface area contributed by atoms with Gasteiger partial charge in [-0.25, -0.2) is 0 Å². The minimum Gasteiger partial charge on any atom is -0.379 e. The first-order chi connectivity index (χ1) is 6.77. The normalized spacial score (nSPS) is 11.1. The molecule has 0 rings (SSSR count). The molecule has 1 nitrogen and oxygen atoms in total. The zero-order valence-electron chi connectivity index (χ0n) is 10.3. The highest BCUT2D eigenvalue weighted by atomic mass is 16.5. The summed E-state index contributed by atoms with van der Waals surface area (Å²) in [6.45, 7) is 7.42. The molecular formula is C13H28O. The summed E-state index contributed by atoms with van der Waals surface area (Å²) in [7, 11) is 0. The Bertz CT molecular complexity index is 99.4. The quantitative estimate of drug-likeness (QED) is 0.470. The summed E-state index contributed by atoms with van der Waals surface area (Å²) in [5.41, 5.74) is 0. The van der Waals surface area contributed by atoms with Gasteiger partial charge in [-0.15, -0.1) is 0 Å². The van der Waals surface area contributed by atoms with Crippen LogP contribution in [0, 0.1) is 0 Å². The summed E-state index contributed by atoms with van der Waals surface area (Å²) < 4.78 is 5.49. The molecule has 0 aromatic carbocycles. The summed E-state index contributed by atoms with van der Waals surface area (Å²) in [5.74, 6) is 0. The molecule has 0 fully saturated rings. The van der Waals surface area contributed by atoms with Gasteiger partial charge in [0.2, 0.25) is 0 Å². The van der Waals surface area contributed by atoms with Crippen molar-refractivity contribution in [2.75, 3.05) is 6.61 Å². The van der Waals surface area contributed by atoms with Gasteiger partial charge in [-0.1, -0.05) is 51.9 Å². The molecule has 0 aromatic heterocycles. The SMILES string of the molecule is CCCCCCCCCCOC(C)C. The minimum atomic E-state index is 0.402. The van der Waals surface area contributed by atoms with E-state index < -0.39 is 0 Å². The number of hydrogen-bond acceptors (Lipinski definition) is 1. The van der Waals surface area contributed by atoms with Crippen LogP contribution in [-0.2, 0) is 4.74 Å². The lowest BCUT2D eigenvalue weighted by Gasteiger charge is -2.06. The minimum absolute atomic E-state index is 0.402. The van der Waals surface area contributed by atoms with E-state index in [2.05, 4.69) is 20.8 Å². The van der Waals surface area contributed by atoms with E-state index in [1.807, 2.05) is 0 Å². The van der Waals surface area contributed by atoms with Crippen molar-refractivity contribution in [3.05, 3.63) is 0 Å². The lowest BCUT2D eigenvalue weighted by molar-refractivity contribution is 0.0757. The second-order valence-corrected chi connectivity index (χ2v) is 4.39. The first-order valence-corrected chi connectivity index (χ1v) is 6.39. The molecule has 0 heterocycles. The van der Waals surface area contributed by atoms with Gasteiger partial charge in [-0.05, 0) is 20.3 Å². The number of unbranched alkanes of at least 4 members (excludes halogenated alkanes) is 7. The molecule has 0 unspecified atom stereocenters.